The van der Waals surface area contributed by atoms with Crippen LogP contribution in [0.3, 0.4) is 0 Å². The quantitative estimate of drug-likeness (QED) is 0.809. The van der Waals surface area contributed by atoms with E-state index in [1.165, 1.54) is 12.1 Å². The molecule has 0 atom stereocenters. The predicted molar refractivity (Wildman–Crippen MR) is 79.5 cm³/mol. The van der Waals surface area contributed by atoms with Crippen LogP contribution >= 0.6 is 31.9 Å². The highest BCUT2D eigenvalue weighted by Crippen LogP contribution is 2.26. The van der Waals surface area contributed by atoms with Gasteiger partial charge in [0.05, 0.1) is 4.47 Å². The fourth-order valence-corrected chi connectivity index (χ4v) is 2.33. The zero-order valence-corrected chi connectivity index (χ0v) is 13.2. The largest absolute Gasteiger partial charge is 0.488 e. The number of ether oxygens (including phenoxy) is 1. The Bertz CT molecular complexity index is 659. The monoisotopic (exact) mass is 402 g/mol. The molecule has 0 aromatic heterocycles. The van der Waals surface area contributed by atoms with Gasteiger partial charge >= 0.3 is 5.97 Å². The number of halogens is 3. The third-order valence-electron chi connectivity index (χ3n) is 2.59. The van der Waals surface area contributed by atoms with Crippen LogP contribution in [0.25, 0.3) is 0 Å². The standard InChI is InChI=1S/C14H9Br2FO3/c15-9-4-5-10(14(18)19)12(6-9)20-7-8-2-1-3-11(17)13(8)16/h1-6H,7H2,(H,18,19). The van der Waals surface area contributed by atoms with Crippen LogP contribution in [-0.2, 0) is 6.61 Å². The number of hydrogen-bond acceptors (Lipinski definition) is 2. The van der Waals surface area contributed by atoms with Gasteiger partial charge in [0.15, 0.2) is 0 Å². The lowest BCUT2D eigenvalue weighted by Crippen LogP contribution is -2.04. The van der Waals surface area contributed by atoms with Crippen molar-refractivity contribution in [3.63, 3.8) is 0 Å². The van der Waals surface area contributed by atoms with Gasteiger partial charge in [-0.3, -0.25) is 0 Å². The Hall–Kier alpha value is -1.40. The van der Waals surface area contributed by atoms with Gasteiger partial charge in [0.25, 0.3) is 0 Å². The highest BCUT2D eigenvalue weighted by molar-refractivity contribution is 9.10. The minimum atomic E-state index is -1.08. The van der Waals surface area contributed by atoms with Crippen molar-refractivity contribution in [2.75, 3.05) is 0 Å². The van der Waals surface area contributed by atoms with E-state index in [-0.39, 0.29) is 23.7 Å². The Morgan fingerprint density at radius 2 is 2.00 bits per heavy atom. The summed E-state index contributed by atoms with van der Waals surface area (Å²) in [6.45, 7) is 0.0646. The van der Waals surface area contributed by atoms with Crippen LogP contribution in [0.1, 0.15) is 15.9 Å². The van der Waals surface area contributed by atoms with Crippen molar-refractivity contribution >= 4 is 37.8 Å². The van der Waals surface area contributed by atoms with Crippen molar-refractivity contribution < 1.29 is 19.0 Å². The Kier molecular flexibility index (Phi) is 4.77. The summed E-state index contributed by atoms with van der Waals surface area (Å²) >= 11 is 6.39. The van der Waals surface area contributed by atoms with E-state index in [2.05, 4.69) is 31.9 Å². The number of rotatable bonds is 4. The van der Waals surface area contributed by atoms with Crippen molar-refractivity contribution in [3.8, 4) is 5.75 Å². The molecule has 20 heavy (non-hydrogen) atoms. The first-order valence-electron chi connectivity index (χ1n) is 5.57. The average molecular weight is 404 g/mol. The van der Waals surface area contributed by atoms with Gasteiger partial charge in [-0.15, -0.1) is 0 Å². The normalized spacial score (nSPS) is 10.3. The minimum absolute atomic E-state index is 0.0562. The molecular formula is C14H9Br2FO3. The molecular weight excluding hydrogens is 395 g/mol. The molecule has 104 valence electrons. The summed E-state index contributed by atoms with van der Waals surface area (Å²) in [7, 11) is 0. The third-order valence-corrected chi connectivity index (χ3v) is 3.97. The number of carboxylic acids is 1. The summed E-state index contributed by atoms with van der Waals surface area (Å²) in [5, 5.41) is 9.09. The van der Waals surface area contributed by atoms with Crippen LogP contribution in [0.4, 0.5) is 4.39 Å². The van der Waals surface area contributed by atoms with Crippen molar-refractivity contribution in [2.45, 2.75) is 6.61 Å². The topological polar surface area (TPSA) is 46.5 Å². The van der Waals surface area contributed by atoms with E-state index in [1.54, 1.807) is 24.3 Å². The van der Waals surface area contributed by atoms with Crippen molar-refractivity contribution in [1.82, 2.24) is 0 Å². The molecule has 2 aromatic rings. The second-order valence-electron chi connectivity index (χ2n) is 3.95. The minimum Gasteiger partial charge on any atom is -0.488 e. The summed E-state index contributed by atoms with van der Waals surface area (Å²) in [6, 6.07) is 9.23. The summed E-state index contributed by atoms with van der Waals surface area (Å²) in [5.41, 5.74) is 0.655. The molecule has 0 bridgehead atoms. The van der Waals surface area contributed by atoms with Crippen molar-refractivity contribution in [1.29, 1.82) is 0 Å². The first kappa shape index (κ1) is 15.0. The lowest BCUT2D eigenvalue weighted by atomic mass is 10.2. The molecule has 0 amide bonds. The summed E-state index contributed by atoms with van der Waals surface area (Å²) in [4.78, 5) is 11.1. The maximum atomic E-state index is 13.4. The van der Waals surface area contributed by atoms with Crippen molar-refractivity contribution in [3.05, 3.63) is 62.3 Å². The van der Waals surface area contributed by atoms with Crippen LogP contribution in [0.5, 0.6) is 5.75 Å². The van der Waals surface area contributed by atoms with Gasteiger partial charge in [-0.2, -0.15) is 0 Å². The predicted octanol–water partition coefficient (Wildman–Crippen LogP) is 4.63. The van der Waals surface area contributed by atoms with E-state index in [9.17, 15) is 9.18 Å². The van der Waals surface area contributed by atoms with Gasteiger partial charge in [0.1, 0.15) is 23.7 Å². The smallest absolute Gasteiger partial charge is 0.339 e. The van der Waals surface area contributed by atoms with E-state index in [1.807, 2.05) is 0 Å². The molecule has 0 fully saturated rings. The second kappa shape index (κ2) is 6.37. The van der Waals surface area contributed by atoms with Gasteiger partial charge in [0.2, 0.25) is 0 Å². The number of carbonyl (C=O) groups is 1. The molecule has 0 unspecified atom stereocenters. The zero-order valence-electron chi connectivity index (χ0n) is 10.1. The first-order chi connectivity index (χ1) is 9.49. The molecule has 0 aliphatic carbocycles. The maximum absolute atomic E-state index is 13.4. The summed E-state index contributed by atoms with van der Waals surface area (Å²) in [6.07, 6.45) is 0. The lowest BCUT2D eigenvalue weighted by Gasteiger charge is -2.11. The second-order valence-corrected chi connectivity index (χ2v) is 5.66. The van der Waals surface area contributed by atoms with Crippen LogP contribution in [0.2, 0.25) is 0 Å². The van der Waals surface area contributed by atoms with Crippen LogP contribution < -0.4 is 4.74 Å². The molecule has 2 aromatic carbocycles. The molecule has 0 aliphatic rings. The van der Waals surface area contributed by atoms with Gasteiger partial charge in [-0.1, -0.05) is 28.1 Å². The van der Waals surface area contributed by atoms with E-state index in [0.29, 0.717) is 14.5 Å². The Labute approximate surface area is 131 Å². The molecule has 0 aliphatic heterocycles. The van der Waals surface area contributed by atoms with E-state index < -0.39 is 5.97 Å². The molecule has 6 heteroatoms. The Morgan fingerprint density at radius 3 is 2.70 bits per heavy atom. The molecule has 0 saturated carbocycles. The Balaban J connectivity index is 2.24. The van der Waals surface area contributed by atoms with E-state index in [4.69, 9.17) is 9.84 Å². The molecule has 3 nitrogen and oxygen atoms in total. The molecule has 0 radical (unpaired) electrons. The number of benzene rings is 2. The molecule has 0 heterocycles. The average Bonchev–Trinajstić information content (AvgIpc) is 2.40. The summed E-state index contributed by atoms with van der Waals surface area (Å²) < 4.78 is 19.9. The highest BCUT2D eigenvalue weighted by atomic mass is 79.9. The van der Waals surface area contributed by atoms with Crippen LogP contribution in [-0.4, -0.2) is 11.1 Å². The first-order valence-corrected chi connectivity index (χ1v) is 7.16. The number of aromatic carboxylic acids is 1. The molecule has 0 saturated heterocycles. The molecule has 1 N–H and O–H groups in total. The van der Waals surface area contributed by atoms with Crippen molar-refractivity contribution in [2.24, 2.45) is 0 Å². The molecule has 0 spiro atoms. The fraction of sp³-hybridized carbons (Fsp3) is 0.0714. The third kappa shape index (κ3) is 3.37. The lowest BCUT2D eigenvalue weighted by molar-refractivity contribution is 0.0691. The van der Waals surface area contributed by atoms with Crippen LogP contribution in [0, 0.1) is 5.82 Å². The summed E-state index contributed by atoms with van der Waals surface area (Å²) in [5.74, 6) is -1.24. The SMILES string of the molecule is O=C(O)c1ccc(Br)cc1OCc1cccc(F)c1Br. The van der Waals surface area contributed by atoms with Crippen LogP contribution in [0.15, 0.2) is 45.3 Å². The zero-order chi connectivity index (χ0) is 14.7. The molecule has 2 rings (SSSR count). The number of hydrogen-bond donors (Lipinski definition) is 1. The Morgan fingerprint density at radius 1 is 1.25 bits per heavy atom. The van der Waals surface area contributed by atoms with E-state index >= 15 is 0 Å². The van der Waals surface area contributed by atoms with Gasteiger partial charge in [-0.05, 0) is 40.2 Å². The van der Waals surface area contributed by atoms with E-state index in [0.717, 1.165) is 0 Å². The van der Waals surface area contributed by atoms with Gasteiger partial charge < -0.3 is 9.84 Å². The van der Waals surface area contributed by atoms with Gasteiger partial charge in [-0.25, -0.2) is 9.18 Å². The maximum Gasteiger partial charge on any atom is 0.339 e. The van der Waals surface area contributed by atoms with Gasteiger partial charge in [0, 0.05) is 10.0 Å². The highest BCUT2D eigenvalue weighted by Gasteiger charge is 2.13. The fourth-order valence-electron chi connectivity index (χ4n) is 1.61. The number of carboxylic acid groups (broad SMARTS) is 1.